The summed E-state index contributed by atoms with van der Waals surface area (Å²) in [6.07, 6.45) is 3.45. The molecule has 0 aromatic heterocycles. The molecule has 2 amide bonds. The maximum Gasteiger partial charge on any atom is 0.335 e. The van der Waals surface area contributed by atoms with Gasteiger partial charge in [-0.25, -0.2) is 4.79 Å². The van der Waals surface area contributed by atoms with Gasteiger partial charge in [0.1, 0.15) is 0 Å². The molecule has 1 aliphatic heterocycles. The van der Waals surface area contributed by atoms with E-state index < -0.39 is 5.97 Å². The highest BCUT2D eigenvalue weighted by molar-refractivity contribution is 5.87. The summed E-state index contributed by atoms with van der Waals surface area (Å²) in [6.45, 7) is 0.628. The Labute approximate surface area is 134 Å². The fraction of sp³-hybridized carbons (Fsp3) is 0.471. The highest BCUT2D eigenvalue weighted by Crippen LogP contribution is 2.30. The minimum atomic E-state index is -0.958. The Morgan fingerprint density at radius 3 is 2.52 bits per heavy atom. The van der Waals surface area contributed by atoms with Crippen molar-refractivity contribution in [3.63, 3.8) is 0 Å². The van der Waals surface area contributed by atoms with Crippen molar-refractivity contribution in [3.8, 4) is 0 Å². The van der Waals surface area contributed by atoms with E-state index in [1.807, 2.05) is 4.90 Å². The molecule has 1 saturated heterocycles. The van der Waals surface area contributed by atoms with Crippen LogP contribution in [0.1, 0.15) is 41.6 Å². The molecule has 2 aliphatic rings. The van der Waals surface area contributed by atoms with Gasteiger partial charge in [0.2, 0.25) is 11.8 Å². The monoisotopic (exact) mass is 316 g/mol. The van der Waals surface area contributed by atoms with Gasteiger partial charge in [0, 0.05) is 25.4 Å². The number of carboxylic acid groups (broad SMARTS) is 1. The molecule has 23 heavy (non-hydrogen) atoms. The minimum Gasteiger partial charge on any atom is -0.478 e. The average molecular weight is 316 g/mol. The Morgan fingerprint density at radius 1 is 1.22 bits per heavy atom. The molecular formula is C17H20N2O4. The zero-order valence-electron chi connectivity index (χ0n) is 12.8. The molecule has 0 bridgehead atoms. The Morgan fingerprint density at radius 2 is 1.91 bits per heavy atom. The topological polar surface area (TPSA) is 86.7 Å². The first-order valence-electron chi connectivity index (χ1n) is 7.94. The number of hydrogen-bond acceptors (Lipinski definition) is 3. The lowest BCUT2D eigenvalue weighted by molar-refractivity contribution is -0.128. The highest BCUT2D eigenvalue weighted by Gasteiger charge is 2.39. The second-order valence-electron chi connectivity index (χ2n) is 6.25. The van der Waals surface area contributed by atoms with Crippen LogP contribution < -0.4 is 5.32 Å². The van der Waals surface area contributed by atoms with Crippen molar-refractivity contribution in [2.75, 3.05) is 6.54 Å². The molecular weight excluding hydrogens is 296 g/mol. The molecule has 1 aliphatic carbocycles. The number of nitrogens with zero attached hydrogens (tertiary/aromatic N) is 1. The molecule has 1 aromatic rings. The lowest BCUT2D eigenvalue weighted by Gasteiger charge is -2.16. The molecule has 0 unspecified atom stereocenters. The normalized spacial score (nSPS) is 20.6. The van der Waals surface area contributed by atoms with E-state index in [4.69, 9.17) is 5.11 Å². The van der Waals surface area contributed by atoms with Crippen molar-refractivity contribution >= 4 is 17.8 Å². The lowest BCUT2D eigenvalue weighted by atomic mass is 10.1. The van der Waals surface area contributed by atoms with Crippen molar-refractivity contribution in [1.29, 1.82) is 0 Å². The summed E-state index contributed by atoms with van der Waals surface area (Å²) in [5.74, 6) is -0.884. The van der Waals surface area contributed by atoms with Gasteiger partial charge >= 0.3 is 5.97 Å². The van der Waals surface area contributed by atoms with Crippen LogP contribution >= 0.6 is 0 Å². The van der Waals surface area contributed by atoms with Crippen LogP contribution in [-0.2, 0) is 16.0 Å². The van der Waals surface area contributed by atoms with Crippen molar-refractivity contribution in [2.24, 2.45) is 0 Å². The summed E-state index contributed by atoms with van der Waals surface area (Å²) in [5, 5.41) is 11.8. The average Bonchev–Trinajstić information content (AvgIpc) is 3.30. The van der Waals surface area contributed by atoms with Gasteiger partial charge in [0.05, 0.1) is 11.6 Å². The lowest BCUT2D eigenvalue weighted by Crippen LogP contribution is -2.37. The van der Waals surface area contributed by atoms with E-state index in [2.05, 4.69) is 5.32 Å². The molecule has 0 spiro atoms. The van der Waals surface area contributed by atoms with Crippen LogP contribution in [0, 0.1) is 0 Å². The van der Waals surface area contributed by atoms with E-state index in [1.165, 1.54) is 0 Å². The number of amides is 2. The Hall–Kier alpha value is -2.37. The van der Waals surface area contributed by atoms with E-state index in [1.54, 1.807) is 24.3 Å². The number of benzene rings is 1. The van der Waals surface area contributed by atoms with E-state index in [9.17, 15) is 14.4 Å². The number of nitrogens with one attached hydrogen (secondary N) is 1. The molecule has 1 saturated carbocycles. The van der Waals surface area contributed by atoms with Crippen LogP contribution in [0.25, 0.3) is 0 Å². The quantitative estimate of drug-likeness (QED) is 0.825. The summed E-state index contributed by atoms with van der Waals surface area (Å²) in [5.41, 5.74) is 1.16. The second kappa shape index (κ2) is 6.40. The predicted molar refractivity (Wildman–Crippen MR) is 83.0 cm³/mol. The zero-order chi connectivity index (χ0) is 16.4. The summed E-state index contributed by atoms with van der Waals surface area (Å²) in [7, 11) is 0. The van der Waals surface area contributed by atoms with Gasteiger partial charge in [-0.1, -0.05) is 12.1 Å². The first kappa shape index (κ1) is 15.5. The summed E-state index contributed by atoms with van der Waals surface area (Å²) in [6, 6.07) is 6.86. The molecule has 6 nitrogen and oxygen atoms in total. The van der Waals surface area contributed by atoms with Gasteiger partial charge in [-0.15, -0.1) is 0 Å². The van der Waals surface area contributed by atoms with Gasteiger partial charge in [0.15, 0.2) is 0 Å². The maximum atomic E-state index is 12.0. The summed E-state index contributed by atoms with van der Waals surface area (Å²) >= 11 is 0. The minimum absolute atomic E-state index is 0.0669. The highest BCUT2D eigenvalue weighted by atomic mass is 16.4. The fourth-order valence-corrected chi connectivity index (χ4v) is 2.94. The molecule has 1 heterocycles. The van der Waals surface area contributed by atoms with Crippen LogP contribution in [0.5, 0.6) is 0 Å². The van der Waals surface area contributed by atoms with E-state index in [-0.39, 0.29) is 23.4 Å². The SMILES string of the molecule is O=C(CCc1ccc(C(=O)O)cc1)N[C@@H]1CC(=O)N(C2CC2)C1. The fourth-order valence-electron chi connectivity index (χ4n) is 2.94. The molecule has 1 atom stereocenters. The molecule has 2 N–H and O–H groups in total. The third-order valence-corrected chi connectivity index (χ3v) is 4.35. The Kier molecular flexibility index (Phi) is 4.32. The largest absolute Gasteiger partial charge is 0.478 e. The first-order valence-corrected chi connectivity index (χ1v) is 7.94. The number of carbonyl (C=O) groups excluding carboxylic acids is 2. The second-order valence-corrected chi connectivity index (χ2v) is 6.25. The van der Waals surface area contributed by atoms with E-state index in [0.29, 0.717) is 31.8 Å². The number of hydrogen-bond donors (Lipinski definition) is 2. The van der Waals surface area contributed by atoms with Crippen molar-refractivity contribution in [1.82, 2.24) is 10.2 Å². The van der Waals surface area contributed by atoms with Gasteiger partial charge in [-0.3, -0.25) is 9.59 Å². The molecule has 1 aromatic carbocycles. The van der Waals surface area contributed by atoms with E-state index in [0.717, 1.165) is 18.4 Å². The molecule has 6 heteroatoms. The molecule has 0 radical (unpaired) electrons. The number of rotatable bonds is 6. The smallest absolute Gasteiger partial charge is 0.335 e. The summed E-state index contributed by atoms with van der Waals surface area (Å²) < 4.78 is 0. The number of likely N-dealkylation sites (tertiary alicyclic amines) is 1. The first-order chi connectivity index (χ1) is 11.0. The van der Waals surface area contributed by atoms with Gasteiger partial charge in [0.25, 0.3) is 0 Å². The number of carbonyl (C=O) groups is 3. The summed E-state index contributed by atoms with van der Waals surface area (Å²) in [4.78, 5) is 36.5. The van der Waals surface area contributed by atoms with Crippen LogP contribution in [-0.4, -0.2) is 46.4 Å². The molecule has 2 fully saturated rings. The van der Waals surface area contributed by atoms with Crippen molar-refractivity contribution in [3.05, 3.63) is 35.4 Å². The standard InChI is InChI=1S/C17H20N2O4/c20-15(8-3-11-1-4-12(5-2-11)17(22)23)18-13-9-16(21)19(10-13)14-6-7-14/h1-2,4-5,13-14H,3,6-10H2,(H,18,20)(H,22,23)/t13-/m1/s1. The predicted octanol–water partition coefficient (Wildman–Crippen LogP) is 1.20. The van der Waals surface area contributed by atoms with Crippen molar-refractivity contribution < 1.29 is 19.5 Å². The van der Waals surface area contributed by atoms with E-state index >= 15 is 0 Å². The number of aryl methyl sites for hydroxylation is 1. The third-order valence-electron chi connectivity index (χ3n) is 4.35. The number of aromatic carboxylic acids is 1. The van der Waals surface area contributed by atoms with Crippen LogP contribution in [0.2, 0.25) is 0 Å². The maximum absolute atomic E-state index is 12.0. The Balaban J connectivity index is 1.44. The van der Waals surface area contributed by atoms with Gasteiger partial charge in [-0.05, 0) is 37.0 Å². The molecule has 122 valence electrons. The third kappa shape index (κ3) is 3.88. The van der Waals surface area contributed by atoms with Crippen molar-refractivity contribution in [2.45, 2.75) is 44.2 Å². The van der Waals surface area contributed by atoms with Gasteiger partial charge in [-0.2, -0.15) is 0 Å². The van der Waals surface area contributed by atoms with Crippen LogP contribution in [0.3, 0.4) is 0 Å². The Bertz CT molecular complexity index is 622. The zero-order valence-corrected chi connectivity index (χ0v) is 12.8. The van der Waals surface area contributed by atoms with Gasteiger partial charge < -0.3 is 15.3 Å². The van der Waals surface area contributed by atoms with Crippen LogP contribution in [0.15, 0.2) is 24.3 Å². The number of carboxylic acids is 1. The molecule has 3 rings (SSSR count). The van der Waals surface area contributed by atoms with Crippen LogP contribution in [0.4, 0.5) is 0 Å².